The second kappa shape index (κ2) is 4.99. The summed E-state index contributed by atoms with van der Waals surface area (Å²) in [6.07, 6.45) is 7.34. The Hall–Kier alpha value is -1.55. The lowest BCUT2D eigenvalue weighted by atomic mass is 10.1. The minimum atomic E-state index is 0.395. The van der Waals surface area contributed by atoms with E-state index in [2.05, 4.69) is 16.5 Å². The minimum absolute atomic E-state index is 0.395. The zero-order valence-corrected chi connectivity index (χ0v) is 9.47. The van der Waals surface area contributed by atoms with Gasteiger partial charge in [-0.15, -0.1) is 0 Å². The fourth-order valence-electron chi connectivity index (χ4n) is 1.83. The average Bonchev–Trinajstić information content (AvgIpc) is 2.96. The second-order valence-corrected chi connectivity index (χ2v) is 3.96. The van der Waals surface area contributed by atoms with E-state index in [9.17, 15) is 0 Å². The molecule has 0 aliphatic carbocycles. The van der Waals surface area contributed by atoms with Gasteiger partial charge in [-0.05, 0) is 25.5 Å². The first kappa shape index (κ1) is 11.0. The van der Waals surface area contributed by atoms with E-state index >= 15 is 0 Å². The summed E-state index contributed by atoms with van der Waals surface area (Å²) in [4.78, 5) is 4.12. The van der Waals surface area contributed by atoms with Crippen molar-refractivity contribution < 1.29 is 4.42 Å². The normalized spacial score (nSPS) is 12.9. The number of furan rings is 1. The highest BCUT2D eigenvalue weighted by molar-refractivity contribution is 5.01. The number of imidazole rings is 1. The van der Waals surface area contributed by atoms with Gasteiger partial charge in [0.25, 0.3) is 0 Å². The van der Waals surface area contributed by atoms with Gasteiger partial charge >= 0.3 is 0 Å². The maximum atomic E-state index is 5.64. The first-order valence-corrected chi connectivity index (χ1v) is 5.54. The maximum Gasteiger partial charge on any atom is 0.103 e. The molecule has 2 aromatic rings. The van der Waals surface area contributed by atoms with Gasteiger partial charge in [0.2, 0.25) is 0 Å². The highest BCUT2D eigenvalue weighted by Crippen LogP contribution is 2.16. The summed E-state index contributed by atoms with van der Waals surface area (Å²) in [5, 5.41) is 0. The van der Waals surface area contributed by atoms with Crippen LogP contribution < -0.4 is 5.73 Å². The molecule has 0 aliphatic rings. The summed E-state index contributed by atoms with van der Waals surface area (Å²) in [6.45, 7) is 2.70. The van der Waals surface area contributed by atoms with Gasteiger partial charge in [-0.25, -0.2) is 4.98 Å². The Kier molecular flexibility index (Phi) is 3.41. The van der Waals surface area contributed by atoms with Crippen molar-refractivity contribution >= 4 is 0 Å². The van der Waals surface area contributed by atoms with Crippen molar-refractivity contribution in [2.45, 2.75) is 32.4 Å². The molecule has 2 aromatic heterocycles. The van der Waals surface area contributed by atoms with Crippen LogP contribution in [0.2, 0.25) is 0 Å². The largest absolute Gasteiger partial charge is 0.469 e. The number of hydrogen-bond acceptors (Lipinski definition) is 3. The lowest BCUT2D eigenvalue weighted by Crippen LogP contribution is -2.11. The molecule has 0 saturated heterocycles. The van der Waals surface area contributed by atoms with Gasteiger partial charge in [-0.2, -0.15) is 0 Å². The molecule has 0 spiro atoms. The van der Waals surface area contributed by atoms with Crippen molar-refractivity contribution in [3.05, 3.63) is 42.4 Å². The molecule has 2 rings (SSSR count). The number of aromatic nitrogens is 2. The van der Waals surface area contributed by atoms with Gasteiger partial charge in [0, 0.05) is 25.2 Å². The molecular formula is C12H17N3O. The Morgan fingerprint density at radius 3 is 3.12 bits per heavy atom. The summed E-state index contributed by atoms with van der Waals surface area (Å²) >= 11 is 0. The molecule has 0 radical (unpaired) electrons. The van der Waals surface area contributed by atoms with E-state index in [1.807, 2.05) is 24.7 Å². The average molecular weight is 219 g/mol. The second-order valence-electron chi connectivity index (χ2n) is 3.96. The number of hydrogen-bond donors (Lipinski definition) is 1. The van der Waals surface area contributed by atoms with Crippen molar-refractivity contribution in [2.24, 2.45) is 5.73 Å². The van der Waals surface area contributed by atoms with Gasteiger partial charge in [-0.1, -0.05) is 0 Å². The fourth-order valence-corrected chi connectivity index (χ4v) is 1.83. The van der Waals surface area contributed by atoms with Crippen molar-refractivity contribution in [3.8, 4) is 0 Å². The summed E-state index contributed by atoms with van der Waals surface area (Å²) < 4.78 is 7.44. The third-order valence-corrected chi connectivity index (χ3v) is 2.82. The van der Waals surface area contributed by atoms with Crippen molar-refractivity contribution in [1.82, 2.24) is 9.55 Å². The number of nitrogens with two attached hydrogens (primary N) is 1. The zero-order chi connectivity index (χ0) is 11.4. The van der Waals surface area contributed by atoms with Crippen LogP contribution in [0, 0.1) is 0 Å². The summed E-state index contributed by atoms with van der Waals surface area (Å²) in [7, 11) is 0. The Labute approximate surface area is 95.1 Å². The summed E-state index contributed by atoms with van der Waals surface area (Å²) in [6, 6.07) is 4.32. The van der Waals surface area contributed by atoms with Crippen LogP contribution in [0.5, 0.6) is 0 Å². The molecule has 4 nitrogen and oxygen atoms in total. The van der Waals surface area contributed by atoms with E-state index in [-0.39, 0.29) is 0 Å². The molecule has 0 aromatic carbocycles. The Balaban J connectivity index is 1.95. The van der Waals surface area contributed by atoms with Crippen LogP contribution in [0.3, 0.4) is 0 Å². The molecule has 1 unspecified atom stereocenters. The van der Waals surface area contributed by atoms with Crippen LogP contribution >= 0.6 is 0 Å². The molecule has 0 aliphatic heterocycles. The topological polar surface area (TPSA) is 57.0 Å². The van der Waals surface area contributed by atoms with Gasteiger partial charge in [0.05, 0.1) is 18.3 Å². The van der Waals surface area contributed by atoms with Gasteiger partial charge in [0.15, 0.2) is 0 Å². The Morgan fingerprint density at radius 2 is 2.44 bits per heavy atom. The molecule has 2 heterocycles. The van der Waals surface area contributed by atoms with Crippen LogP contribution in [-0.4, -0.2) is 9.55 Å². The molecule has 0 saturated carbocycles. The predicted octanol–water partition coefficient (Wildman–Crippen LogP) is 2.13. The van der Waals surface area contributed by atoms with Crippen molar-refractivity contribution in [2.75, 3.05) is 0 Å². The molecule has 2 N–H and O–H groups in total. The number of aryl methyl sites for hydroxylation is 1. The predicted molar refractivity (Wildman–Crippen MR) is 61.9 cm³/mol. The van der Waals surface area contributed by atoms with E-state index in [0.717, 1.165) is 24.3 Å². The number of rotatable bonds is 5. The first-order chi connectivity index (χ1) is 7.81. The van der Waals surface area contributed by atoms with Crippen LogP contribution in [0.15, 0.2) is 35.3 Å². The van der Waals surface area contributed by atoms with Crippen LogP contribution in [0.4, 0.5) is 0 Å². The molecule has 1 atom stereocenters. The summed E-state index contributed by atoms with van der Waals surface area (Å²) in [5.41, 5.74) is 6.72. The van der Waals surface area contributed by atoms with Crippen LogP contribution in [0.25, 0.3) is 0 Å². The van der Waals surface area contributed by atoms with Gasteiger partial charge in [-0.3, -0.25) is 0 Å². The van der Waals surface area contributed by atoms with E-state index in [1.165, 1.54) is 0 Å². The number of nitrogens with zero attached hydrogens (tertiary/aromatic N) is 2. The summed E-state index contributed by atoms with van der Waals surface area (Å²) in [5.74, 6) is 1.03. The van der Waals surface area contributed by atoms with E-state index in [1.54, 1.807) is 6.26 Å². The van der Waals surface area contributed by atoms with E-state index in [4.69, 9.17) is 10.2 Å². The quantitative estimate of drug-likeness (QED) is 0.838. The minimum Gasteiger partial charge on any atom is -0.469 e. The van der Waals surface area contributed by atoms with E-state index in [0.29, 0.717) is 12.6 Å². The first-order valence-electron chi connectivity index (χ1n) is 5.54. The molecule has 16 heavy (non-hydrogen) atoms. The molecule has 0 amide bonds. The molecular weight excluding hydrogens is 202 g/mol. The van der Waals surface area contributed by atoms with Crippen molar-refractivity contribution in [3.63, 3.8) is 0 Å². The fraction of sp³-hybridized carbons (Fsp3) is 0.417. The van der Waals surface area contributed by atoms with Gasteiger partial charge in [0.1, 0.15) is 5.76 Å². The van der Waals surface area contributed by atoms with Crippen LogP contribution in [0.1, 0.15) is 30.8 Å². The standard InChI is InChI=1S/C12H17N3O/c1-10(4-5-12-3-2-6-16-12)15-9-14-8-11(15)7-13/h2-3,6,8-10H,4-5,7,13H2,1H3. The smallest absolute Gasteiger partial charge is 0.103 e. The molecule has 4 heteroatoms. The lowest BCUT2D eigenvalue weighted by Gasteiger charge is -2.15. The Morgan fingerprint density at radius 1 is 1.56 bits per heavy atom. The third kappa shape index (κ3) is 2.33. The highest BCUT2D eigenvalue weighted by Gasteiger charge is 2.09. The highest BCUT2D eigenvalue weighted by atomic mass is 16.3. The zero-order valence-electron chi connectivity index (χ0n) is 9.47. The monoisotopic (exact) mass is 219 g/mol. The van der Waals surface area contributed by atoms with E-state index < -0.39 is 0 Å². The molecule has 86 valence electrons. The Bertz CT molecular complexity index is 419. The SMILES string of the molecule is CC(CCc1ccco1)n1cncc1CN. The lowest BCUT2D eigenvalue weighted by molar-refractivity contribution is 0.445. The van der Waals surface area contributed by atoms with Crippen LogP contribution in [-0.2, 0) is 13.0 Å². The molecule has 0 bridgehead atoms. The van der Waals surface area contributed by atoms with Crippen molar-refractivity contribution in [1.29, 1.82) is 0 Å². The van der Waals surface area contributed by atoms with Gasteiger partial charge < -0.3 is 14.7 Å². The maximum absolute atomic E-state index is 5.64. The third-order valence-electron chi connectivity index (χ3n) is 2.82. The molecule has 0 fully saturated rings.